The number of carbonyl (C=O) groups excluding carboxylic acids is 4. The van der Waals surface area contributed by atoms with Crippen LogP contribution in [0.15, 0.2) is 0 Å². The van der Waals surface area contributed by atoms with E-state index in [0.717, 1.165) is 114 Å². The van der Waals surface area contributed by atoms with Crippen LogP contribution in [0.4, 0.5) is 0 Å². The predicted molar refractivity (Wildman–Crippen MR) is 455 cm³/mol. The second kappa shape index (κ2) is 79.5. The van der Waals surface area contributed by atoms with E-state index in [1.165, 1.54) is 276 Å². The number of aliphatic hydroxyl groups is 1. The highest BCUT2D eigenvalue weighted by Gasteiger charge is 2.31. The topological polar surface area (TPSA) is 237 Å². The third-order valence-corrected chi connectivity index (χ3v) is 23.6. The highest BCUT2D eigenvalue weighted by atomic mass is 31.2. The van der Waals surface area contributed by atoms with E-state index in [2.05, 4.69) is 55.4 Å². The second-order valence-corrected chi connectivity index (χ2v) is 37.3. The van der Waals surface area contributed by atoms with E-state index in [9.17, 15) is 43.2 Å². The van der Waals surface area contributed by atoms with E-state index in [1.807, 2.05) is 0 Å². The SMILES string of the molecule is CCC(C)CCCCCCCCCCCCCCCCCCCCC(=O)O[C@H](COC(=O)CCCCCCCCCC(C)C)COP(=O)(O)OCC(O)COP(=O)(O)OC[C@@H](COC(=O)CCCCCCCCCCCCCCCCC(C)C)OC(=O)CCCCCCCCCCCCCCCCCCCCC(C)C. The van der Waals surface area contributed by atoms with Crippen molar-refractivity contribution in [3.63, 3.8) is 0 Å². The number of phosphoric ester groups is 2. The molecule has 0 amide bonds. The first-order valence-electron chi connectivity index (χ1n) is 46.7. The van der Waals surface area contributed by atoms with E-state index in [1.54, 1.807) is 0 Å². The van der Waals surface area contributed by atoms with Crippen LogP contribution in [-0.4, -0.2) is 96.7 Å². The molecule has 0 spiro atoms. The van der Waals surface area contributed by atoms with Crippen molar-refractivity contribution in [2.75, 3.05) is 39.6 Å². The van der Waals surface area contributed by atoms with Crippen LogP contribution in [0.1, 0.15) is 479 Å². The Labute approximate surface area is 677 Å². The zero-order valence-corrected chi connectivity index (χ0v) is 74.7. The van der Waals surface area contributed by atoms with Crippen molar-refractivity contribution >= 4 is 39.5 Å². The maximum absolute atomic E-state index is 13.2. The van der Waals surface area contributed by atoms with Crippen LogP contribution in [-0.2, 0) is 65.4 Å². The number of esters is 4. The van der Waals surface area contributed by atoms with Gasteiger partial charge in [-0.2, -0.15) is 0 Å². The van der Waals surface area contributed by atoms with Gasteiger partial charge in [0.15, 0.2) is 12.2 Å². The quantitative estimate of drug-likeness (QED) is 0.0222. The molecule has 654 valence electrons. The van der Waals surface area contributed by atoms with Gasteiger partial charge in [0.05, 0.1) is 26.4 Å². The summed E-state index contributed by atoms with van der Waals surface area (Å²) >= 11 is 0. The Balaban J connectivity index is 5.20. The largest absolute Gasteiger partial charge is 0.472 e. The molecule has 0 fully saturated rings. The summed E-state index contributed by atoms with van der Waals surface area (Å²) in [5.74, 6) is 1.09. The van der Waals surface area contributed by atoms with Gasteiger partial charge in [0, 0.05) is 25.7 Å². The normalized spacial score (nSPS) is 14.1. The summed E-state index contributed by atoms with van der Waals surface area (Å²) in [5, 5.41) is 10.7. The van der Waals surface area contributed by atoms with Crippen LogP contribution in [0.3, 0.4) is 0 Å². The smallest absolute Gasteiger partial charge is 0.462 e. The minimum absolute atomic E-state index is 0.107. The average molecular weight is 1610 g/mol. The molecule has 0 saturated heterocycles. The van der Waals surface area contributed by atoms with E-state index in [4.69, 9.17) is 37.0 Å². The van der Waals surface area contributed by atoms with Gasteiger partial charge in [0.1, 0.15) is 19.3 Å². The molecule has 0 aliphatic carbocycles. The van der Waals surface area contributed by atoms with Gasteiger partial charge < -0.3 is 33.8 Å². The molecular formula is C91H178O17P2. The lowest BCUT2D eigenvalue weighted by Crippen LogP contribution is -2.30. The molecule has 0 aromatic rings. The summed E-state index contributed by atoms with van der Waals surface area (Å²) in [6.45, 7) is 14.4. The van der Waals surface area contributed by atoms with Gasteiger partial charge >= 0.3 is 39.5 Å². The number of carbonyl (C=O) groups is 4. The summed E-state index contributed by atoms with van der Waals surface area (Å²) in [6.07, 6.45) is 71.0. The molecule has 3 N–H and O–H groups in total. The molecule has 0 aliphatic heterocycles. The highest BCUT2D eigenvalue weighted by molar-refractivity contribution is 7.47. The van der Waals surface area contributed by atoms with Crippen LogP contribution in [0.2, 0.25) is 0 Å². The molecule has 19 heteroatoms. The number of aliphatic hydroxyl groups excluding tert-OH is 1. The first-order chi connectivity index (χ1) is 53.1. The van der Waals surface area contributed by atoms with E-state index < -0.39 is 97.5 Å². The fourth-order valence-electron chi connectivity index (χ4n) is 14.2. The number of ether oxygens (including phenoxy) is 4. The Morgan fingerprint density at radius 2 is 0.436 bits per heavy atom. The van der Waals surface area contributed by atoms with E-state index in [0.29, 0.717) is 31.6 Å². The molecule has 6 atom stereocenters. The lowest BCUT2D eigenvalue weighted by Gasteiger charge is -2.21. The molecule has 0 heterocycles. The van der Waals surface area contributed by atoms with Gasteiger partial charge in [-0.15, -0.1) is 0 Å². The zero-order chi connectivity index (χ0) is 80.9. The second-order valence-electron chi connectivity index (χ2n) is 34.4. The number of hydrogen-bond donors (Lipinski definition) is 3. The maximum atomic E-state index is 13.2. The molecule has 0 saturated carbocycles. The van der Waals surface area contributed by atoms with E-state index >= 15 is 0 Å². The van der Waals surface area contributed by atoms with Gasteiger partial charge in [-0.1, -0.05) is 428 Å². The van der Waals surface area contributed by atoms with Gasteiger partial charge in [0.2, 0.25) is 0 Å². The lowest BCUT2D eigenvalue weighted by atomic mass is 9.99. The highest BCUT2D eigenvalue weighted by Crippen LogP contribution is 2.45. The first kappa shape index (κ1) is 108. The molecule has 110 heavy (non-hydrogen) atoms. The van der Waals surface area contributed by atoms with Crippen molar-refractivity contribution in [2.45, 2.75) is 497 Å². The summed E-state index contributed by atoms with van der Waals surface area (Å²) in [6, 6.07) is 0. The maximum Gasteiger partial charge on any atom is 0.472 e. The molecule has 17 nitrogen and oxygen atoms in total. The van der Waals surface area contributed by atoms with Crippen molar-refractivity contribution in [1.29, 1.82) is 0 Å². The summed E-state index contributed by atoms with van der Waals surface area (Å²) in [7, 11) is -9.94. The number of rotatable bonds is 88. The Morgan fingerprint density at radius 3 is 0.645 bits per heavy atom. The lowest BCUT2D eigenvalue weighted by molar-refractivity contribution is -0.161. The van der Waals surface area contributed by atoms with Gasteiger partial charge in [0.25, 0.3) is 0 Å². The molecule has 0 rings (SSSR count). The van der Waals surface area contributed by atoms with Crippen molar-refractivity contribution in [2.24, 2.45) is 23.7 Å². The third-order valence-electron chi connectivity index (χ3n) is 21.7. The Bertz CT molecular complexity index is 2130. The van der Waals surface area contributed by atoms with Crippen LogP contribution in [0, 0.1) is 23.7 Å². The summed E-state index contributed by atoms with van der Waals surface area (Å²) in [5.41, 5.74) is 0. The Morgan fingerprint density at radius 1 is 0.255 bits per heavy atom. The number of unbranched alkanes of at least 4 members (excludes halogenated alkanes) is 53. The van der Waals surface area contributed by atoms with E-state index in [-0.39, 0.29) is 25.7 Å². The monoisotopic (exact) mass is 1610 g/mol. The van der Waals surface area contributed by atoms with Crippen molar-refractivity contribution in [3.8, 4) is 0 Å². The van der Waals surface area contributed by atoms with Crippen molar-refractivity contribution in [3.05, 3.63) is 0 Å². The van der Waals surface area contributed by atoms with Crippen LogP contribution < -0.4 is 0 Å². The molecule has 4 unspecified atom stereocenters. The van der Waals surface area contributed by atoms with Crippen LogP contribution in [0.5, 0.6) is 0 Å². The fourth-order valence-corrected chi connectivity index (χ4v) is 15.7. The minimum atomic E-state index is -4.97. The van der Waals surface area contributed by atoms with Crippen molar-refractivity contribution in [1.82, 2.24) is 0 Å². The average Bonchev–Trinajstić information content (AvgIpc) is 0.898. The predicted octanol–water partition coefficient (Wildman–Crippen LogP) is 27.9. The van der Waals surface area contributed by atoms with Crippen molar-refractivity contribution < 1.29 is 80.2 Å². The van der Waals surface area contributed by atoms with Gasteiger partial charge in [-0.25, -0.2) is 9.13 Å². The molecule has 0 bridgehead atoms. The van der Waals surface area contributed by atoms with Gasteiger partial charge in [-0.05, 0) is 49.4 Å². The molecule has 0 aliphatic rings. The fraction of sp³-hybridized carbons (Fsp3) is 0.956. The standard InChI is InChI=1S/C91H178O17P2/c1-9-84(8)70-62-54-46-38-32-26-19-15-11-13-17-21-29-35-41-49-58-66-74-91(96)108-87(78-102-89(94)72-64-56-50-42-45-53-61-69-83(6)7)80-106-110(99,100)104-76-85(92)75-103-109(97,98)105-79-86(77-101-88(93)71-63-55-47-39-33-27-23-22-25-31-37-44-52-60-68-82(4)5)107-90(95)73-65-57-48-40-34-28-20-16-12-10-14-18-24-30-36-43-51-59-67-81(2)3/h81-87,92H,9-80H2,1-8H3,(H,97,98)(H,99,100)/t84?,85?,86-,87-/m1/s1. The molecule has 0 radical (unpaired) electrons. The number of phosphoric acid groups is 2. The molecular weight excluding hydrogens is 1430 g/mol. The molecule has 0 aromatic heterocycles. The summed E-state index contributed by atoms with van der Waals surface area (Å²) in [4.78, 5) is 73.4. The first-order valence-corrected chi connectivity index (χ1v) is 49.7. The Hall–Kier alpha value is -1.94. The van der Waals surface area contributed by atoms with Crippen LogP contribution >= 0.6 is 15.6 Å². The van der Waals surface area contributed by atoms with Gasteiger partial charge in [-0.3, -0.25) is 37.3 Å². The third kappa shape index (κ3) is 82.6. The zero-order valence-electron chi connectivity index (χ0n) is 72.9. The number of hydrogen-bond acceptors (Lipinski definition) is 15. The Kier molecular flexibility index (Phi) is 78.1. The minimum Gasteiger partial charge on any atom is -0.462 e. The molecule has 0 aromatic carbocycles. The van der Waals surface area contributed by atoms with Crippen LogP contribution in [0.25, 0.3) is 0 Å². The summed E-state index contributed by atoms with van der Waals surface area (Å²) < 4.78 is 69.0.